The van der Waals surface area contributed by atoms with Crippen molar-refractivity contribution < 1.29 is 28.6 Å². The molecule has 6 heteroatoms. The summed E-state index contributed by atoms with van der Waals surface area (Å²) in [7, 11) is 0. The number of hydrogen-bond acceptors (Lipinski definition) is 6. The summed E-state index contributed by atoms with van der Waals surface area (Å²) >= 11 is 0. The Hall–Kier alpha value is -2.63. The van der Waals surface area contributed by atoms with Crippen LogP contribution in [0.25, 0.3) is 0 Å². The Morgan fingerprint density at radius 2 is 0.481 bits per heavy atom. The van der Waals surface area contributed by atoms with Crippen LogP contribution in [0.15, 0.2) is 48.6 Å². The van der Waals surface area contributed by atoms with Gasteiger partial charge in [0.05, 0.1) is 0 Å². The standard InChI is InChI=1S/C75H138O6/c1-4-7-10-13-16-19-22-25-28-30-31-32-33-34-35-36-37-38-39-40-41-42-43-44-45-46-48-50-53-56-59-62-65-68-74(77)80-71-72(70-79-73(76)67-64-61-58-55-52-49-27-24-21-18-15-12-9-6-3)81-75(78)69-66-63-60-57-54-51-47-29-26-23-20-17-14-11-8-5-2/h7,10,16,19,25,28,31-32,72H,4-6,8-9,11-15,17-18,20-24,26-27,29-30,33-71H2,1-3H3/b10-7-,19-16-,28-25-,32-31-. The molecule has 0 radical (unpaired) electrons. The van der Waals surface area contributed by atoms with Gasteiger partial charge in [0.2, 0.25) is 0 Å². The van der Waals surface area contributed by atoms with Gasteiger partial charge in [-0.2, -0.15) is 0 Å². The van der Waals surface area contributed by atoms with Crippen molar-refractivity contribution in [3.8, 4) is 0 Å². The Balaban J connectivity index is 4.11. The Morgan fingerprint density at radius 3 is 0.753 bits per heavy atom. The van der Waals surface area contributed by atoms with Gasteiger partial charge in [-0.15, -0.1) is 0 Å². The molecule has 0 heterocycles. The highest BCUT2D eigenvalue weighted by Crippen LogP contribution is 2.19. The number of rotatable bonds is 67. The first-order valence-corrected chi connectivity index (χ1v) is 36.1. The van der Waals surface area contributed by atoms with Crippen LogP contribution in [-0.4, -0.2) is 37.2 Å². The second kappa shape index (κ2) is 69.9. The van der Waals surface area contributed by atoms with Crippen molar-refractivity contribution in [2.45, 2.75) is 399 Å². The van der Waals surface area contributed by atoms with Gasteiger partial charge in [-0.1, -0.05) is 365 Å². The zero-order valence-electron chi connectivity index (χ0n) is 54.6. The number of carbonyl (C=O) groups is 3. The predicted molar refractivity (Wildman–Crippen MR) is 353 cm³/mol. The van der Waals surface area contributed by atoms with Crippen LogP contribution in [0.2, 0.25) is 0 Å². The maximum atomic E-state index is 12.9. The van der Waals surface area contributed by atoms with Gasteiger partial charge in [-0.3, -0.25) is 14.4 Å². The molecule has 474 valence electrons. The summed E-state index contributed by atoms with van der Waals surface area (Å²) in [5, 5.41) is 0. The number of carbonyl (C=O) groups excluding carboxylic acids is 3. The molecule has 0 saturated heterocycles. The van der Waals surface area contributed by atoms with Crippen molar-refractivity contribution in [3.05, 3.63) is 48.6 Å². The van der Waals surface area contributed by atoms with Crippen LogP contribution in [0.1, 0.15) is 393 Å². The second-order valence-electron chi connectivity index (χ2n) is 24.5. The lowest BCUT2D eigenvalue weighted by Crippen LogP contribution is -2.30. The third-order valence-electron chi connectivity index (χ3n) is 16.3. The summed E-state index contributed by atoms with van der Waals surface area (Å²) in [5.41, 5.74) is 0. The first-order valence-electron chi connectivity index (χ1n) is 36.1. The first-order chi connectivity index (χ1) is 40.0. The summed E-state index contributed by atoms with van der Waals surface area (Å²) < 4.78 is 17.0. The van der Waals surface area contributed by atoms with Crippen LogP contribution >= 0.6 is 0 Å². The molecule has 0 amide bonds. The Labute approximate surface area is 505 Å². The SMILES string of the molecule is CC/C=C\C/C=C\C/C=C\C/C=C\CCCCCCCCCCCCCCCCCCCCCCC(=O)OCC(COC(=O)CCCCCCCCCCCCCCCC)OC(=O)CCCCCCCCCCCCCCCCCC. The van der Waals surface area contributed by atoms with E-state index in [0.717, 1.165) is 83.5 Å². The van der Waals surface area contributed by atoms with Gasteiger partial charge < -0.3 is 14.2 Å². The van der Waals surface area contributed by atoms with Crippen LogP contribution in [0.5, 0.6) is 0 Å². The quantitative estimate of drug-likeness (QED) is 0.0261. The summed E-state index contributed by atoms with van der Waals surface area (Å²) in [6.07, 6.45) is 88.7. The highest BCUT2D eigenvalue weighted by atomic mass is 16.6. The minimum Gasteiger partial charge on any atom is -0.462 e. The molecule has 6 nitrogen and oxygen atoms in total. The van der Waals surface area contributed by atoms with E-state index in [1.807, 2.05) is 0 Å². The molecular weight excluding hydrogens is 997 g/mol. The van der Waals surface area contributed by atoms with Crippen molar-refractivity contribution in [1.29, 1.82) is 0 Å². The Morgan fingerprint density at radius 1 is 0.259 bits per heavy atom. The summed E-state index contributed by atoms with van der Waals surface area (Å²) in [4.78, 5) is 38.4. The lowest BCUT2D eigenvalue weighted by atomic mass is 10.0. The van der Waals surface area contributed by atoms with Gasteiger partial charge in [0, 0.05) is 19.3 Å². The van der Waals surface area contributed by atoms with E-state index in [-0.39, 0.29) is 31.1 Å². The molecule has 0 spiro atoms. The molecular formula is C75H138O6. The van der Waals surface area contributed by atoms with Crippen LogP contribution in [-0.2, 0) is 28.6 Å². The van der Waals surface area contributed by atoms with E-state index in [1.165, 1.54) is 270 Å². The molecule has 0 aromatic heterocycles. The molecule has 81 heavy (non-hydrogen) atoms. The van der Waals surface area contributed by atoms with E-state index in [0.29, 0.717) is 19.3 Å². The number of hydrogen-bond donors (Lipinski definition) is 0. The molecule has 0 aliphatic carbocycles. The normalized spacial score (nSPS) is 12.3. The van der Waals surface area contributed by atoms with Crippen molar-refractivity contribution in [2.75, 3.05) is 13.2 Å². The maximum Gasteiger partial charge on any atom is 0.306 e. The molecule has 0 aromatic carbocycles. The average Bonchev–Trinajstić information content (AvgIpc) is 3.47. The monoisotopic (exact) mass is 1140 g/mol. The average molecular weight is 1140 g/mol. The highest BCUT2D eigenvalue weighted by molar-refractivity contribution is 5.71. The first kappa shape index (κ1) is 78.4. The minimum atomic E-state index is -0.767. The molecule has 1 unspecified atom stereocenters. The fraction of sp³-hybridized carbons (Fsp3) is 0.853. The van der Waals surface area contributed by atoms with Gasteiger partial charge in [0.15, 0.2) is 6.10 Å². The third-order valence-corrected chi connectivity index (χ3v) is 16.3. The van der Waals surface area contributed by atoms with Crippen molar-refractivity contribution in [2.24, 2.45) is 0 Å². The van der Waals surface area contributed by atoms with E-state index in [4.69, 9.17) is 14.2 Å². The van der Waals surface area contributed by atoms with Gasteiger partial charge in [0.1, 0.15) is 13.2 Å². The lowest BCUT2D eigenvalue weighted by molar-refractivity contribution is -0.167. The topological polar surface area (TPSA) is 78.9 Å². The molecule has 0 fully saturated rings. The zero-order valence-corrected chi connectivity index (χ0v) is 54.6. The Kier molecular flexibility index (Phi) is 67.6. The number of allylic oxidation sites excluding steroid dienone is 8. The van der Waals surface area contributed by atoms with Gasteiger partial charge in [-0.05, 0) is 57.8 Å². The molecule has 0 N–H and O–H groups in total. The molecule has 1 atom stereocenters. The molecule has 0 saturated carbocycles. The van der Waals surface area contributed by atoms with Crippen LogP contribution in [0.4, 0.5) is 0 Å². The molecule has 0 aliphatic heterocycles. The van der Waals surface area contributed by atoms with Gasteiger partial charge in [0.25, 0.3) is 0 Å². The van der Waals surface area contributed by atoms with E-state index in [2.05, 4.69) is 69.4 Å². The lowest BCUT2D eigenvalue weighted by Gasteiger charge is -2.18. The van der Waals surface area contributed by atoms with Crippen LogP contribution in [0, 0.1) is 0 Å². The van der Waals surface area contributed by atoms with Gasteiger partial charge in [-0.25, -0.2) is 0 Å². The van der Waals surface area contributed by atoms with E-state index >= 15 is 0 Å². The molecule has 0 bridgehead atoms. The highest BCUT2D eigenvalue weighted by Gasteiger charge is 2.19. The Bertz CT molecular complexity index is 1400. The van der Waals surface area contributed by atoms with E-state index < -0.39 is 6.10 Å². The van der Waals surface area contributed by atoms with Gasteiger partial charge >= 0.3 is 17.9 Å². The largest absolute Gasteiger partial charge is 0.462 e. The molecule has 0 aromatic rings. The van der Waals surface area contributed by atoms with E-state index in [9.17, 15) is 14.4 Å². The second-order valence-corrected chi connectivity index (χ2v) is 24.5. The zero-order chi connectivity index (χ0) is 58.5. The number of esters is 3. The molecule has 0 rings (SSSR count). The fourth-order valence-electron chi connectivity index (χ4n) is 11.0. The van der Waals surface area contributed by atoms with Crippen molar-refractivity contribution in [1.82, 2.24) is 0 Å². The maximum absolute atomic E-state index is 12.9. The summed E-state index contributed by atoms with van der Waals surface area (Å²) in [6, 6.07) is 0. The van der Waals surface area contributed by atoms with E-state index in [1.54, 1.807) is 0 Å². The summed E-state index contributed by atoms with van der Waals surface area (Å²) in [6.45, 7) is 6.60. The van der Waals surface area contributed by atoms with Crippen LogP contribution in [0.3, 0.4) is 0 Å². The number of ether oxygens (including phenoxy) is 3. The van der Waals surface area contributed by atoms with Crippen LogP contribution < -0.4 is 0 Å². The smallest absolute Gasteiger partial charge is 0.306 e. The fourth-order valence-corrected chi connectivity index (χ4v) is 11.0. The van der Waals surface area contributed by atoms with Crippen molar-refractivity contribution >= 4 is 17.9 Å². The predicted octanol–water partition coefficient (Wildman–Crippen LogP) is 24.9. The summed E-state index contributed by atoms with van der Waals surface area (Å²) in [5.74, 6) is -0.831. The minimum absolute atomic E-state index is 0.0642. The molecule has 0 aliphatic rings. The van der Waals surface area contributed by atoms with Crippen molar-refractivity contribution in [3.63, 3.8) is 0 Å². The third kappa shape index (κ3) is 68.0. The number of unbranched alkanes of at least 4 members (excludes halogenated alkanes) is 48.